The van der Waals surface area contributed by atoms with Crippen LogP contribution in [0.15, 0.2) is 48.5 Å². The Labute approximate surface area is 140 Å². The van der Waals surface area contributed by atoms with Crippen molar-refractivity contribution >= 4 is 5.91 Å². The van der Waals surface area contributed by atoms with Crippen molar-refractivity contribution in [2.45, 2.75) is 31.8 Å². The van der Waals surface area contributed by atoms with Crippen LogP contribution in [0.25, 0.3) is 0 Å². The fourth-order valence-electron chi connectivity index (χ4n) is 2.66. The average Bonchev–Trinajstić information content (AvgIpc) is 2.54. The van der Waals surface area contributed by atoms with Gasteiger partial charge in [-0.1, -0.05) is 43.3 Å². The van der Waals surface area contributed by atoms with E-state index in [1.165, 1.54) is 13.0 Å². The normalized spacial score (nSPS) is 14.7. The Morgan fingerprint density at radius 3 is 2.46 bits per heavy atom. The van der Waals surface area contributed by atoms with Gasteiger partial charge in [0.25, 0.3) is 0 Å². The summed E-state index contributed by atoms with van der Waals surface area (Å²) >= 11 is 0. The van der Waals surface area contributed by atoms with Crippen LogP contribution in [0.1, 0.15) is 37.3 Å². The van der Waals surface area contributed by atoms with Crippen LogP contribution in [-0.2, 0) is 10.4 Å². The number of hydrogen-bond donors (Lipinski definition) is 2. The average molecular weight is 333 g/mol. The summed E-state index contributed by atoms with van der Waals surface area (Å²) in [5.41, 5.74) is -0.815. The first kappa shape index (κ1) is 18.1. The lowest BCUT2D eigenvalue weighted by Gasteiger charge is -2.26. The molecule has 0 bridgehead atoms. The smallest absolute Gasteiger partial charge is 0.227 e. The molecule has 24 heavy (non-hydrogen) atoms. The lowest BCUT2D eigenvalue weighted by Crippen LogP contribution is -2.41. The lowest BCUT2D eigenvalue weighted by atomic mass is 9.93. The molecule has 3 nitrogen and oxygen atoms in total. The van der Waals surface area contributed by atoms with Crippen molar-refractivity contribution in [1.29, 1.82) is 0 Å². The summed E-state index contributed by atoms with van der Waals surface area (Å²) in [6.07, 6.45) is 0.600. The maximum Gasteiger partial charge on any atom is 0.227 e. The van der Waals surface area contributed by atoms with Crippen LogP contribution >= 0.6 is 0 Å². The van der Waals surface area contributed by atoms with Crippen molar-refractivity contribution in [3.8, 4) is 0 Å². The third kappa shape index (κ3) is 4.17. The molecule has 1 amide bonds. The van der Waals surface area contributed by atoms with Crippen LogP contribution in [0.5, 0.6) is 0 Å². The minimum Gasteiger partial charge on any atom is -0.383 e. The number of rotatable bonds is 6. The minimum absolute atomic E-state index is 0.0584. The zero-order valence-corrected chi connectivity index (χ0v) is 13.7. The number of carbonyl (C=O) groups excluding carboxylic acids is 1. The number of amides is 1. The second-order valence-electron chi connectivity index (χ2n) is 5.99. The number of halogens is 2. The second kappa shape index (κ2) is 7.53. The maximum absolute atomic E-state index is 13.8. The number of aliphatic hydroxyl groups is 1. The van der Waals surface area contributed by atoms with Gasteiger partial charge in [-0.3, -0.25) is 4.79 Å². The van der Waals surface area contributed by atoms with Gasteiger partial charge in [0.15, 0.2) is 0 Å². The van der Waals surface area contributed by atoms with E-state index in [0.717, 1.165) is 11.6 Å². The number of nitrogens with one attached hydrogen (secondary N) is 1. The van der Waals surface area contributed by atoms with Crippen LogP contribution in [-0.4, -0.2) is 17.6 Å². The number of hydrogen-bond acceptors (Lipinski definition) is 2. The van der Waals surface area contributed by atoms with E-state index in [4.69, 9.17) is 0 Å². The molecule has 0 radical (unpaired) electrons. The molecule has 0 saturated heterocycles. The molecule has 0 heterocycles. The van der Waals surface area contributed by atoms with Crippen molar-refractivity contribution < 1.29 is 18.7 Å². The van der Waals surface area contributed by atoms with E-state index in [1.54, 1.807) is 0 Å². The fraction of sp³-hybridized carbons (Fsp3) is 0.316. The molecule has 0 fully saturated rings. The largest absolute Gasteiger partial charge is 0.383 e. The molecule has 0 aliphatic carbocycles. The highest BCUT2D eigenvalue weighted by Gasteiger charge is 2.29. The molecule has 128 valence electrons. The lowest BCUT2D eigenvalue weighted by molar-refractivity contribution is -0.123. The summed E-state index contributed by atoms with van der Waals surface area (Å²) in [6.45, 7) is 3.11. The van der Waals surface area contributed by atoms with Gasteiger partial charge < -0.3 is 10.4 Å². The van der Waals surface area contributed by atoms with E-state index < -0.39 is 17.2 Å². The van der Waals surface area contributed by atoms with Crippen molar-refractivity contribution in [1.82, 2.24) is 5.32 Å². The van der Waals surface area contributed by atoms with Gasteiger partial charge in [-0.2, -0.15) is 0 Å². The Hall–Kier alpha value is -2.27. The highest BCUT2D eigenvalue weighted by Crippen LogP contribution is 2.24. The van der Waals surface area contributed by atoms with Crippen LogP contribution < -0.4 is 5.32 Å². The molecule has 2 atom stereocenters. The van der Waals surface area contributed by atoms with E-state index in [1.807, 2.05) is 37.3 Å². The van der Waals surface area contributed by atoms with Gasteiger partial charge in [0.1, 0.15) is 17.2 Å². The summed E-state index contributed by atoms with van der Waals surface area (Å²) in [4.78, 5) is 12.4. The topological polar surface area (TPSA) is 49.3 Å². The van der Waals surface area contributed by atoms with Gasteiger partial charge >= 0.3 is 0 Å². The molecule has 0 aliphatic rings. The van der Waals surface area contributed by atoms with Crippen LogP contribution in [0.2, 0.25) is 0 Å². The number of benzene rings is 2. The highest BCUT2D eigenvalue weighted by atomic mass is 19.1. The van der Waals surface area contributed by atoms with E-state index in [0.29, 0.717) is 12.5 Å². The van der Waals surface area contributed by atoms with Gasteiger partial charge in [-0.25, -0.2) is 8.78 Å². The molecule has 0 aromatic heterocycles. The van der Waals surface area contributed by atoms with Gasteiger partial charge in [-0.05, 0) is 25.0 Å². The molecule has 2 unspecified atom stereocenters. The van der Waals surface area contributed by atoms with Crippen molar-refractivity contribution in [3.05, 3.63) is 71.3 Å². The van der Waals surface area contributed by atoms with Crippen LogP contribution in [0.3, 0.4) is 0 Å². The van der Waals surface area contributed by atoms with Crippen molar-refractivity contribution in [2.75, 3.05) is 6.54 Å². The molecule has 2 aromatic rings. The Balaban J connectivity index is 2.09. The fourth-order valence-corrected chi connectivity index (χ4v) is 2.66. The minimum atomic E-state index is -1.64. The molecule has 0 saturated carbocycles. The highest BCUT2D eigenvalue weighted by molar-refractivity contribution is 5.83. The number of carbonyl (C=O) groups is 1. The van der Waals surface area contributed by atoms with E-state index in [-0.39, 0.29) is 23.9 Å². The monoisotopic (exact) mass is 333 g/mol. The van der Waals surface area contributed by atoms with E-state index in [9.17, 15) is 18.7 Å². The van der Waals surface area contributed by atoms with Crippen LogP contribution in [0, 0.1) is 11.6 Å². The Morgan fingerprint density at radius 2 is 1.88 bits per heavy atom. The molecule has 0 aliphatic heterocycles. The first-order valence-electron chi connectivity index (χ1n) is 7.85. The third-order valence-electron chi connectivity index (χ3n) is 4.04. The molecular weight excluding hydrogens is 312 g/mol. The van der Waals surface area contributed by atoms with E-state index >= 15 is 0 Å². The Bertz CT molecular complexity index is 702. The standard InChI is InChI=1S/C19H21F2NO2/c1-3-15(13-7-5-4-6-8-13)18(23)22-12-19(2,24)16-10-9-14(20)11-17(16)21/h4-11,15,24H,3,12H2,1-2H3,(H,22,23). The quantitative estimate of drug-likeness (QED) is 0.850. The zero-order chi connectivity index (χ0) is 17.7. The predicted molar refractivity (Wildman–Crippen MR) is 88.4 cm³/mol. The summed E-state index contributed by atoms with van der Waals surface area (Å²) < 4.78 is 26.8. The third-order valence-corrected chi connectivity index (χ3v) is 4.04. The molecule has 2 N–H and O–H groups in total. The zero-order valence-electron chi connectivity index (χ0n) is 13.7. The SMILES string of the molecule is CCC(C(=O)NCC(C)(O)c1ccc(F)cc1F)c1ccccc1. The molecule has 0 spiro atoms. The molecule has 2 aromatic carbocycles. The van der Waals surface area contributed by atoms with Crippen LogP contribution in [0.4, 0.5) is 8.78 Å². The first-order chi connectivity index (χ1) is 11.3. The predicted octanol–water partition coefficient (Wildman–Crippen LogP) is 3.48. The van der Waals surface area contributed by atoms with Gasteiger partial charge in [0.05, 0.1) is 12.5 Å². The molecule has 2 rings (SSSR count). The van der Waals surface area contributed by atoms with Gasteiger partial charge in [0, 0.05) is 11.6 Å². The first-order valence-corrected chi connectivity index (χ1v) is 7.85. The Morgan fingerprint density at radius 1 is 1.21 bits per heavy atom. The summed E-state index contributed by atoms with van der Waals surface area (Å²) in [7, 11) is 0. The van der Waals surface area contributed by atoms with Gasteiger partial charge in [0.2, 0.25) is 5.91 Å². The summed E-state index contributed by atoms with van der Waals surface area (Å²) in [6, 6.07) is 12.3. The maximum atomic E-state index is 13.8. The van der Waals surface area contributed by atoms with Crippen molar-refractivity contribution in [2.24, 2.45) is 0 Å². The Kier molecular flexibility index (Phi) is 5.67. The van der Waals surface area contributed by atoms with E-state index in [2.05, 4.69) is 5.32 Å². The molecular formula is C19H21F2NO2. The second-order valence-corrected chi connectivity index (χ2v) is 5.99. The molecule has 5 heteroatoms. The van der Waals surface area contributed by atoms with Crippen molar-refractivity contribution in [3.63, 3.8) is 0 Å². The summed E-state index contributed by atoms with van der Waals surface area (Å²) in [5.74, 6) is -2.15. The summed E-state index contributed by atoms with van der Waals surface area (Å²) in [5, 5.41) is 13.1. The van der Waals surface area contributed by atoms with Gasteiger partial charge in [-0.15, -0.1) is 0 Å².